The van der Waals surface area contributed by atoms with Crippen molar-refractivity contribution >= 4 is 0 Å². The first-order valence-electron chi connectivity index (χ1n) is 8.26. The van der Waals surface area contributed by atoms with Gasteiger partial charge in [-0.25, -0.2) is 0 Å². The molecule has 2 heteroatoms. The molecule has 0 aliphatic carbocycles. The van der Waals surface area contributed by atoms with E-state index in [1.54, 1.807) is 0 Å². The van der Waals surface area contributed by atoms with Crippen LogP contribution in [0.2, 0.25) is 0 Å². The van der Waals surface area contributed by atoms with Crippen molar-refractivity contribution in [2.24, 2.45) is 0 Å². The fourth-order valence-electron chi connectivity index (χ4n) is 3.20. The molecular formula is C22H21OTi. The zero-order valence-corrected chi connectivity index (χ0v) is 15.3. The second-order valence-corrected chi connectivity index (χ2v) is 6.59. The predicted octanol–water partition coefficient (Wildman–Crippen LogP) is 4.93. The van der Waals surface area contributed by atoms with E-state index in [-0.39, 0.29) is 5.60 Å². The van der Waals surface area contributed by atoms with Crippen LogP contribution < -0.4 is 0 Å². The van der Waals surface area contributed by atoms with Crippen LogP contribution in [0.4, 0.5) is 0 Å². The molecule has 3 aromatic rings. The molecule has 0 aliphatic heterocycles. The zero-order chi connectivity index (χ0) is 16.7. The van der Waals surface area contributed by atoms with Gasteiger partial charge < -0.3 is 0 Å². The Labute approximate surface area is 156 Å². The van der Waals surface area contributed by atoms with Gasteiger partial charge in [-0.1, -0.05) is 0 Å². The van der Waals surface area contributed by atoms with E-state index in [1.165, 1.54) is 16.7 Å². The molecule has 1 nitrogen and oxygen atoms in total. The summed E-state index contributed by atoms with van der Waals surface area (Å²) >= 11 is 1.84. The number of hydrogen-bond acceptors (Lipinski definition) is 1. The summed E-state index contributed by atoms with van der Waals surface area (Å²) in [5.74, 6) is 0. The van der Waals surface area contributed by atoms with Crippen molar-refractivity contribution in [1.82, 2.24) is 0 Å². The average Bonchev–Trinajstić information content (AvgIpc) is 2.64. The second-order valence-electron chi connectivity index (χ2n) is 6.27. The Balaban J connectivity index is 1.91. The molecule has 3 aromatic carbocycles. The van der Waals surface area contributed by atoms with Crippen molar-refractivity contribution in [3.8, 4) is 0 Å². The van der Waals surface area contributed by atoms with Crippen LogP contribution >= 0.6 is 0 Å². The molecule has 0 heterocycles. The Morgan fingerprint density at radius 1 is 0.542 bits per heavy atom. The van der Waals surface area contributed by atoms with Gasteiger partial charge in [-0.15, -0.1) is 0 Å². The van der Waals surface area contributed by atoms with E-state index in [0.29, 0.717) is 0 Å². The SMILES string of the molecule is [Ti][O]C(Cc1ccccc1)(Cc1ccccc1)Cc1ccccc1. The topological polar surface area (TPSA) is 9.23 Å². The van der Waals surface area contributed by atoms with E-state index in [4.69, 9.17) is 3.32 Å². The Hall–Kier alpha value is -1.67. The van der Waals surface area contributed by atoms with E-state index in [0.717, 1.165) is 19.3 Å². The zero-order valence-electron chi connectivity index (χ0n) is 13.7. The third kappa shape index (κ3) is 4.67. The quantitative estimate of drug-likeness (QED) is 0.550. The van der Waals surface area contributed by atoms with Crippen molar-refractivity contribution in [3.05, 3.63) is 108 Å². The molecule has 3 rings (SSSR count). The Bertz CT molecular complexity index is 624. The van der Waals surface area contributed by atoms with Gasteiger partial charge in [0.25, 0.3) is 0 Å². The van der Waals surface area contributed by atoms with Gasteiger partial charge in [0.2, 0.25) is 0 Å². The number of rotatable bonds is 7. The van der Waals surface area contributed by atoms with Gasteiger partial charge in [-0.05, 0) is 0 Å². The van der Waals surface area contributed by atoms with Crippen molar-refractivity contribution in [2.75, 3.05) is 0 Å². The molecule has 0 spiro atoms. The van der Waals surface area contributed by atoms with Crippen LogP contribution in [0.3, 0.4) is 0 Å². The maximum absolute atomic E-state index is 6.15. The molecule has 119 valence electrons. The van der Waals surface area contributed by atoms with Crippen LogP contribution in [-0.4, -0.2) is 5.60 Å². The fraction of sp³-hybridized carbons (Fsp3) is 0.182. The van der Waals surface area contributed by atoms with E-state index >= 15 is 0 Å². The van der Waals surface area contributed by atoms with Gasteiger partial charge in [0.1, 0.15) is 0 Å². The first-order chi connectivity index (χ1) is 11.8. The standard InChI is InChI=1S/C22H21O.Ti/c23-22(16-19-10-4-1-5-11-19,17-20-12-6-2-7-13-20)18-21-14-8-3-9-15-21;/h1-15H,16-18H2;/q-1;+1. The fourth-order valence-corrected chi connectivity index (χ4v) is 3.54. The molecular weight excluding hydrogens is 328 g/mol. The second kappa shape index (κ2) is 8.44. The molecule has 24 heavy (non-hydrogen) atoms. The van der Waals surface area contributed by atoms with Crippen LogP contribution in [0.25, 0.3) is 0 Å². The maximum atomic E-state index is 6.15. The van der Waals surface area contributed by atoms with Crippen LogP contribution in [0, 0.1) is 0 Å². The van der Waals surface area contributed by atoms with Crippen molar-refractivity contribution in [1.29, 1.82) is 0 Å². The minimum atomic E-state index is -0.246. The molecule has 0 aromatic heterocycles. The van der Waals surface area contributed by atoms with Crippen molar-refractivity contribution < 1.29 is 24.1 Å². The number of benzene rings is 3. The summed E-state index contributed by atoms with van der Waals surface area (Å²) < 4.78 is 6.15. The summed E-state index contributed by atoms with van der Waals surface area (Å²) in [4.78, 5) is 0. The number of hydrogen-bond donors (Lipinski definition) is 0. The van der Waals surface area contributed by atoms with Crippen LogP contribution in [0.5, 0.6) is 0 Å². The minimum absolute atomic E-state index is 0.246. The Morgan fingerprint density at radius 2 is 0.833 bits per heavy atom. The van der Waals surface area contributed by atoms with E-state index < -0.39 is 0 Å². The summed E-state index contributed by atoms with van der Waals surface area (Å²) in [5.41, 5.74) is 3.69. The molecule has 0 unspecified atom stereocenters. The summed E-state index contributed by atoms with van der Waals surface area (Å²) in [7, 11) is 0. The van der Waals surface area contributed by atoms with Crippen molar-refractivity contribution in [3.63, 3.8) is 0 Å². The van der Waals surface area contributed by atoms with Gasteiger partial charge >= 0.3 is 157 Å². The normalized spacial score (nSPS) is 11.3. The molecule has 0 atom stereocenters. The molecule has 0 amide bonds. The molecule has 0 N–H and O–H groups in total. The van der Waals surface area contributed by atoms with E-state index in [1.807, 2.05) is 20.8 Å². The summed E-state index contributed by atoms with van der Waals surface area (Å²) in [6, 6.07) is 31.9. The summed E-state index contributed by atoms with van der Waals surface area (Å²) in [6.45, 7) is 0. The Morgan fingerprint density at radius 3 is 1.08 bits per heavy atom. The van der Waals surface area contributed by atoms with E-state index in [2.05, 4.69) is 91.0 Å². The molecule has 0 aliphatic rings. The molecule has 0 saturated carbocycles. The van der Waals surface area contributed by atoms with Crippen LogP contribution in [-0.2, 0) is 43.4 Å². The van der Waals surface area contributed by atoms with Gasteiger partial charge in [-0.2, -0.15) is 0 Å². The predicted molar refractivity (Wildman–Crippen MR) is 94.3 cm³/mol. The first-order valence-corrected chi connectivity index (χ1v) is 8.90. The summed E-state index contributed by atoms with van der Waals surface area (Å²) in [6.07, 6.45) is 2.69. The molecule has 0 saturated heterocycles. The molecule has 0 bridgehead atoms. The average molecular weight is 349 g/mol. The monoisotopic (exact) mass is 349 g/mol. The molecule has 0 radical (unpaired) electrons. The third-order valence-electron chi connectivity index (χ3n) is 4.32. The third-order valence-corrected chi connectivity index (χ3v) is 5.00. The molecule has 0 fully saturated rings. The Kier molecular flexibility index (Phi) is 6.04. The van der Waals surface area contributed by atoms with Gasteiger partial charge in [0, 0.05) is 0 Å². The van der Waals surface area contributed by atoms with E-state index in [9.17, 15) is 0 Å². The van der Waals surface area contributed by atoms with Crippen LogP contribution in [0.15, 0.2) is 91.0 Å². The van der Waals surface area contributed by atoms with Crippen molar-refractivity contribution in [2.45, 2.75) is 24.9 Å². The first kappa shape index (κ1) is 17.2. The van der Waals surface area contributed by atoms with Gasteiger partial charge in [0.15, 0.2) is 0 Å². The van der Waals surface area contributed by atoms with Crippen LogP contribution in [0.1, 0.15) is 16.7 Å². The van der Waals surface area contributed by atoms with Gasteiger partial charge in [0.05, 0.1) is 0 Å². The summed E-state index contributed by atoms with van der Waals surface area (Å²) in [5, 5.41) is 0. The van der Waals surface area contributed by atoms with Gasteiger partial charge in [-0.3, -0.25) is 0 Å².